The summed E-state index contributed by atoms with van der Waals surface area (Å²) in [6.07, 6.45) is -9.79. The highest BCUT2D eigenvalue weighted by molar-refractivity contribution is 7.88. The molecular formula is C22H17F9O7S. The third kappa shape index (κ3) is 8.62. The van der Waals surface area contributed by atoms with Gasteiger partial charge in [0.05, 0.1) is 30.9 Å². The van der Waals surface area contributed by atoms with Gasteiger partial charge in [0.25, 0.3) is 0 Å². The van der Waals surface area contributed by atoms with Crippen LogP contribution in [0.4, 0.5) is 39.5 Å². The van der Waals surface area contributed by atoms with Crippen LogP contribution in [0.1, 0.15) is 44.3 Å². The van der Waals surface area contributed by atoms with E-state index in [1.807, 2.05) is 0 Å². The zero-order valence-electron chi connectivity index (χ0n) is 19.8. The molecule has 0 heterocycles. The van der Waals surface area contributed by atoms with Gasteiger partial charge in [0.1, 0.15) is 5.56 Å². The maximum Gasteiger partial charge on any atom is 0.534 e. The monoisotopic (exact) mass is 596 g/mol. The first-order valence-electron chi connectivity index (χ1n) is 9.82. The summed E-state index contributed by atoms with van der Waals surface area (Å²) in [5, 5.41) is 0. The molecule has 2 aromatic rings. The number of alkyl halides is 9. The molecule has 0 aliphatic carbocycles. The van der Waals surface area contributed by atoms with Gasteiger partial charge >= 0.3 is 39.9 Å². The summed E-state index contributed by atoms with van der Waals surface area (Å²) in [6.45, 7) is 4.95. The SMILES string of the molecule is C=C(C)c1ccc(C(=O)OC)cc1C(F)(F)F.COC(=O)c1ccc(OS(=O)(=O)C(F)(F)F)c(C(F)(F)F)c1. The molecule has 0 saturated carbocycles. The van der Waals surface area contributed by atoms with E-state index in [9.17, 15) is 57.5 Å². The molecule has 0 spiro atoms. The Balaban J connectivity index is 0.000000403. The molecule has 2 rings (SSSR count). The van der Waals surface area contributed by atoms with Gasteiger partial charge in [-0.2, -0.15) is 47.9 Å². The summed E-state index contributed by atoms with van der Waals surface area (Å²) in [5.41, 5.74) is -9.18. The van der Waals surface area contributed by atoms with E-state index in [1.54, 1.807) is 0 Å². The molecule has 0 aliphatic rings. The van der Waals surface area contributed by atoms with Gasteiger partial charge in [0.15, 0.2) is 5.75 Å². The van der Waals surface area contributed by atoms with Crippen LogP contribution in [0.25, 0.3) is 5.57 Å². The van der Waals surface area contributed by atoms with Crippen LogP contribution in [-0.2, 0) is 31.9 Å². The third-order valence-electron chi connectivity index (χ3n) is 4.39. The minimum Gasteiger partial charge on any atom is -0.465 e. The van der Waals surface area contributed by atoms with Crippen LogP contribution in [0, 0.1) is 0 Å². The second kappa shape index (κ2) is 12.0. The smallest absolute Gasteiger partial charge is 0.465 e. The van der Waals surface area contributed by atoms with Crippen molar-refractivity contribution in [3.8, 4) is 5.75 Å². The van der Waals surface area contributed by atoms with Gasteiger partial charge in [-0.3, -0.25) is 0 Å². The quantitative estimate of drug-likeness (QED) is 0.174. The van der Waals surface area contributed by atoms with Crippen LogP contribution in [0.5, 0.6) is 5.75 Å². The maximum absolute atomic E-state index is 12.8. The van der Waals surface area contributed by atoms with Crippen LogP contribution < -0.4 is 4.18 Å². The number of esters is 2. The molecular weight excluding hydrogens is 579 g/mol. The van der Waals surface area contributed by atoms with Crippen LogP contribution in [0.3, 0.4) is 0 Å². The fraction of sp³-hybridized carbons (Fsp3) is 0.273. The van der Waals surface area contributed by atoms with Crippen molar-refractivity contribution in [2.24, 2.45) is 0 Å². The van der Waals surface area contributed by atoms with Crippen LogP contribution in [0.2, 0.25) is 0 Å². The molecule has 0 amide bonds. The first-order valence-corrected chi connectivity index (χ1v) is 11.2. The highest BCUT2D eigenvalue weighted by Gasteiger charge is 2.49. The van der Waals surface area contributed by atoms with Gasteiger partial charge in [0.2, 0.25) is 0 Å². The van der Waals surface area contributed by atoms with Gasteiger partial charge in [-0.05, 0) is 42.8 Å². The number of ether oxygens (including phenoxy) is 2. The predicted molar refractivity (Wildman–Crippen MR) is 116 cm³/mol. The van der Waals surface area contributed by atoms with E-state index in [4.69, 9.17) is 0 Å². The Kier molecular flexibility index (Phi) is 10.2. The Labute approximate surface area is 214 Å². The predicted octanol–water partition coefficient (Wildman–Crippen LogP) is 6.25. The first kappa shape index (κ1) is 33.3. The first-order chi connectivity index (χ1) is 17.6. The number of rotatable bonds is 5. The number of hydrogen-bond acceptors (Lipinski definition) is 7. The maximum atomic E-state index is 12.8. The second-order valence-corrected chi connectivity index (χ2v) is 8.75. The summed E-state index contributed by atoms with van der Waals surface area (Å²) < 4.78 is 147. The average molecular weight is 596 g/mol. The average Bonchev–Trinajstić information content (AvgIpc) is 2.81. The topological polar surface area (TPSA) is 96.0 Å². The number of methoxy groups -OCH3 is 2. The molecule has 0 bridgehead atoms. The Morgan fingerprint density at radius 3 is 1.51 bits per heavy atom. The van der Waals surface area contributed by atoms with Gasteiger partial charge in [-0.15, -0.1) is 0 Å². The van der Waals surface area contributed by atoms with E-state index in [1.165, 1.54) is 19.1 Å². The van der Waals surface area contributed by atoms with Gasteiger partial charge in [-0.25, -0.2) is 9.59 Å². The molecule has 0 aromatic heterocycles. The minimum absolute atomic E-state index is 0.0230. The minimum atomic E-state index is -6.29. The highest BCUT2D eigenvalue weighted by atomic mass is 32.2. The molecule has 0 unspecified atom stereocenters. The van der Waals surface area contributed by atoms with Crippen molar-refractivity contribution in [1.82, 2.24) is 0 Å². The van der Waals surface area contributed by atoms with E-state index >= 15 is 0 Å². The summed E-state index contributed by atoms with van der Waals surface area (Å²) in [6, 6.07) is 4.30. The van der Waals surface area contributed by atoms with Gasteiger partial charge in [0, 0.05) is 0 Å². The van der Waals surface area contributed by atoms with Crippen LogP contribution in [0.15, 0.2) is 43.0 Å². The molecule has 0 fully saturated rings. The molecule has 0 atom stereocenters. The van der Waals surface area contributed by atoms with Crippen molar-refractivity contribution in [1.29, 1.82) is 0 Å². The van der Waals surface area contributed by atoms with E-state index in [0.717, 1.165) is 20.3 Å². The Morgan fingerprint density at radius 1 is 0.744 bits per heavy atom. The number of carbonyl (C=O) groups is 2. The molecule has 2 aromatic carbocycles. The summed E-state index contributed by atoms with van der Waals surface area (Å²) in [7, 11) is -4.31. The molecule has 7 nitrogen and oxygen atoms in total. The van der Waals surface area contributed by atoms with E-state index in [2.05, 4.69) is 20.2 Å². The van der Waals surface area contributed by atoms with E-state index in [0.29, 0.717) is 6.07 Å². The lowest BCUT2D eigenvalue weighted by Gasteiger charge is -2.15. The van der Waals surface area contributed by atoms with Crippen molar-refractivity contribution in [3.05, 3.63) is 70.8 Å². The second-order valence-electron chi connectivity index (χ2n) is 7.21. The molecule has 216 valence electrons. The number of allylic oxidation sites excluding steroid dienone is 1. The molecule has 0 radical (unpaired) electrons. The van der Waals surface area contributed by atoms with Crippen molar-refractivity contribution >= 4 is 27.6 Å². The van der Waals surface area contributed by atoms with Crippen LogP contribution >= 0.6 is 0 Å². The standard InChI is InChI=1S/C12H11F3O2.C10H6F6O5S/c1-7(2)9-5-4-8(11(16)17-3)6-10(9)12(13,14)15;1-20-8(17)5-2-3-7(6(4-5)9(11,12)13)21-22(18,19)10(14,15)16/h4-6H,1H2,2-3H3;2-4H,1H3. The van der Waals surface area contributed by atoms with Crippen LogP contribution in [-0.4, -0.2) is 40.1 Å². The lowest BCUT2D eigenvalue weighted by atomic mass is 9.99. The summed E-state index contributed by atoms with van der Waals surface area (Å²) in [4.78, 5) is 22.3. The van der Waals surface area contributed by atoms with Crippen molar-refractivity contribution in [2.45, 2.75) is 24.8 Å². The lowest BCUT2D eigenvalue weighted by Crippen LogP contribution is -2.29. The fourth-order valence-electron chi connectivity index (χ4n) is 2.63. The fourth-order valence-corrected chi connectivity index (χ4v) is 3.11. The molecule has 39 heavy (non-hydrogen) atoms. The summed E-state index contributed by atoms with van der Waals surface area (Å²) >= 11 is 0. The van der Waals surface area contributed by atoms with Crippen molar-refractivity contribution in [3.63, 3.8) is 0 Å². The highest BCUT2D eigenvalue weighted by Crippen LogP contribution is 2.39. The Morgan fingerprint density at radius 2 is 1.15 bits per heavy atom. The van der Waals surface area contributed by atoms with E-state index < -0.39 is 62.4 Å². The zero-order chi connectivity index (χ0) is 30.6. The van der Waals surface area contributed by atoms with E-state index in [-0.39, 0.29) is 28.8 Å². The molecule has 0 N–H and O–H groups in total. The Bertz CT molecular complexity index is 1340. The Hall–Kier alpha value is -3.76. The number of hydrogen-bond donors (Lipinski definition) is 0. The third-order valence-corrected chi connectivity index (χ3v) is 5.36. The van der Waals surface area contributed by atoms with Gasteiger partial charge in [-0.1, -0.05) is 18.2 Å². The molecule has 17 heteroatoms. The normalized spacial score (nSPS) is 12.1. The summed E-state index contributed by atoms with van der Waals surface area (Å²) in [5.74, 6) is -3.61. The number of carbonyl (C=O) groups excluding carboxylic acids is 2. The van der Waals surface area contributed by atoms with Crippen molar-refractivity contribution < 1.29 is 71.2 Å². The van der Waals surface area contributed by atoms with Gasteiger partial charge < -0.3 is 13.7 Å². The lowest BCUT2D eigenvalue weighted by molar-refractivity contribution is -0.139. The molecule has 0 aliphatic heterocycles. The number of benzene rings is 2. The number of halogens is 9. The zero-order valence-corrected chi connectivity index (χ0v) is 20.7. The van der Waals surface area contributed by atoms with Crippen molar-refractivity contribution in [2.75, 3.05) is 14.2 Å². The largest absolute Gasteiger partial charge is 0.534 e. The molecule has 0 saturated heterocycles.